The van der Waals surface area contributed by atoms with Crippen LogP contribution < -0.4 is 0 Å². The standard InChI is InChI=1S/C9H15N3O2S/c1-9(2,3)4-6-10-8(12-11-6)15-5-7(13)14/h4-5H2,1-3H3,(H,13,14)(H,10,11,12). The van der Waals surface area contributed by atoms with Crippen molar-refractivity contribution in [1.82, 2.24) is 15.2 Å². The van der Waals surface area contributed by atoms with E-state index in [2.05, 4.69) is 36.0 Å². The lowest BCUT2D eigenvalue weighted by atomic mass is 9.92. The van der Waals surface area contributed by atoms with Gasteiger partial charge in [0.25, 0.3) is 0 Å². The van der Waals surface area contributed by atoms with Crippen LogP contribution in [-0.4, -0.2) is 32.0 Å². The van der Waals surface area contributed by atoms with Gasteiger partial charge in [0.05, 0.1) is 5.75 Å². The van der Waals surface area contributed by atoms with Gasteiger partial charge in [-0.05, 0) is 5.41 Å². The number of nitrogens with one attached hydrogen (secondary N) is 1. The number of H-pyrrole nitrogens is 1. The lowest BCUT2D eigenvalue weighted by molar-refractivity contribution is -0.133. The summed E-state index contributed by atoms with van der Waals surface area (Å²) in [6, 6.07) is 0. The van der Waals surface area contributed by atoms with Crippen LogP contribution in [0.5, 0.6) is 0 Å². The van der Waals surface area contributed by atoms with E-state index in [0.29, 0.717) is 5.16 Å². The third kappa shape index (κ3) is 4.83. The summed E-state index contributed by atoms with van der Waals surface area (Å²) in [5, 5.41) is 15.7. The average molecular weight is 229 g/mol. The van der Waals surface area contributed by atoms with Crippen molar-refractivity contribution in [2.24, 2.45) is 5.41 Å². The Morgan fingerprint density at radius 3 is 2.73 bits per heavy atom. The summed E-state index contributed by atoms with van der Waals surface area (Å²) in [4.78, 5) is 14.5. The van der Waals surface area contributed by atoms with Crippen molar-refractivity contribution in [2.75, 3.05) is 5.75 Å². The minimum atomic E-state index is -0.859. The molecule has 0 radical (unpaired) electrons. The molecular formula is C9H15N3O2S. The zero-order valence-corrected chi connectivity index (χ0v) is 9.89. The summed E-state index contributed by atoms with van der Waals surface area (Å²) in [5.41, 5.74) is 0.147. The number of nitrogens with zero attached hydrogens (tertiary/aromatic N) is 2. The molecule has 84 valence electrons. The minimum Gasteiger partial charge on any atom is -0.481 e. The first-order valence-electron chi connectivity index (χ1n) is 4.63. The van der Waals surface area contributed by atoms with Gasteiger partial charge in [-0.3, -0.25) is 9.89 Å². The van der Waals surface area contributed by atoms with Crippen molar-refractivity contribution in [3.05, 3.63) is 5.82 Å². The van der Waals surface area contributed by atoms with E-state index in [1.807, 2.05) is 0 Å². The molecule has 1 rings (SSSR count). The van der Waals surface area contributed by atoms with Gasteiger partial charge < -0.3 is 5.11 Å². The Kier molecular flexibility index (Phi) is 3.73. The van der Waals surface area contributed by atoms with Crippen molar-refractivity contribution in [3.63, 3.8) is 0 Å². The molecule has 0 spiro atoms. The molecule has 0 saturated carbocycles. The minimum absolute atomic E-state index is 0.00713. The highest BCUT2D eigenvalue weighted by molar-refractivity contribution is 7.99. The van der Waals surface area contributed by atoms with Gasteiger partial charge >= 0.3 is 5.97 Å². The Morgan fingerprint density at radius 1 is 1.53 bits per heavy atom. The fourth-order valence-electron chi connectivity index (χ4n) is 1.05. The number of aromatic nitrogens is 3. The van der Waals surface area contributed by atoms with Gasteiger partial charge in [0.1, 0.15) is 5.82 Å². The first-order chi connectivity index (χ1) is 6.87. The second kappa shape index (κ2) is 4.65. The molecule has 0 aliphatic carbocycles. The number of aromatic amines is 1. The van der Waals surface area contributed by atoms with Gasteiger partial charge in [-0.1, -0.05) is 32.5 Å². The molecule has 0 amide bonds. The molecule has 0 aliphatic heterocycles. The van der Waals surface area contributed by atoms with Crippen molar-refractivity contribution in [2.45, 2.75) is 32.3 Å². The van der Waals surface area contributed by atoms with Crippen LogP contribution in [0.25, 0.3) is 0 Å². The highest BCUT2D eigenvalue weighted by atomic mass is 32.2. The van der Waals surface area contributed by atoms with Gasteiger partial charge in [0.2, 0.25) is 5.16 Å². The largest absolute Gasteiger partial charge is 0.481 e. The van der Waals surface area contributed by atoms with E-state index in [-0.39, 0.29) is 11.2 Å². The molecule has 1 aromatic rings. The summed E-state index contributed by atoms with van der Waals surface area (Å²) >= 11 is 1.12. The number of carboxylic acid groups (broad SMARTS) is 1. The zero-order chi connectivity index (χ0) is 11.5. The monoisotopic (exact) mass is 229 g/mol. The van der Waals surface area contributed by atoms with Crippen LogP contribution in [0.1, 0.15) is 26.6 Å². The predicted octanol–water partition coefficient (Wildman–Crippen LogP) is 1.57. The van der Waals surface area contributed by atoms with Crippen LogP contribution in [0.4, 0.5) is 0 Å². The third-order valence-corrected chi connectivity index (χ3v) is 2.37. The van der Waals surface area contributed by atoms with Gasteiger partial charge in [-0.2, -0.15) is 0 Å². The third-order valence-electron chi connectivity index (χ3n) is 1.53. The molecule has 1 aromatic heterocycles. The highest BCUT2D eigenvalue weighted by Crippen LogP contribution is 2.19. The van der Waals surface area contributed by atoms with Crippen LogP contribution >= 0.6 is 11.8 Å². The lowest BCUT2D eigenvalue weighted by Gasteiger charge is -2.14. The van der Waals surface area contributed by atoms with Crippen LogP contribution in [0, 0.1) is 5.41 Å². The van der Waals surface area contributed by atoms with Crippen molar-refractivity contribution in [3.8, 4) is 0 Å². The number of carbonyl (C=O) groups is 1. The van der Waals surface area contributed by atoms with Gasteiger partial charge in [0.15, 0.2) is 0 Å². The lowest BCUT2D eigenvalue weighted by Crippen LogP contribution is -2.10. The second-order valence-corrected chi connectivity index (χ2v) is 5.43. The maximum atomic E-state index is 10.3. The topological polar surface area (TPSA) is 78.9 Å². The molecule has 0 aromatic carbocycles. The normalized spacial score (nSPS) is 11.7. The SMILES string of the molecule is CC(C)(C)Cc1nc(SCC(=O)O)n[nH]1. The van der Waals surface area contributed by atoms with E-state index in [0.717, 1.165) is 24.0 Å². The molecular weight excluding hydrogens is 214 g/mol. The van der Waals surface area contributed by atoms with Crippen molar-refractivity contribution < 1.29 is 9.90 Å². The molecule has 6 heteroatoms. The van der Waals surface area contributed by atoms with Crippen LogP contribution in [0.2, 0.25) is 0 Å². The fraction of sp³-hybridized carbons (Fsp3) is 0.667. The Labute approximate surface area is 92.7 Å². The maximum Gasteiger partial charge on any atom is 0.313 e. The van der Waals surface area contributed by atoms with Crippen LogP contribution in [0.15, 0.2) is 5.16 Å². The van der Waals surface area contributed by atoms with Gasteiger partial charge in [0, 0.05) is 6.42 Å². The van der Waals surface area contributed by atoms with Crippen molar-refractivity contribution in [1.29, 1.82) is 0 Å². The number of hydrogen-bond acceptors (Lipinski definition) is 4. The predicted molar refractivity (Wildman–Crippen MR) is 57.9 cm³/mol. The van der Waals surface area contributed by atoms with E-state index in [4.69, 9.17) is 5.11 Å². The first-order valence-corrected chi connectivity index (χ1v) is 5.61. The van der Waals surface area contributed by atoms with E-state index in [1.165, 1.54) is 0 Å². The second-order valence-electron chi connectivity index (χ2n) is 4.48. The molecule has 5 nitrogen and oxygen atoms in total. The van der Waals surface area contributed by atoms with Gasteiger partial charge in [-0.25, -0.2) is 4.98 Å². The Morgan fingerprint density at radius 2 is 2.20 bits per heavy atom. The van der Waals surface area contributed by atoms with E-state index < -0.39 is 5.97 Å². The number of aliphatic carboxylic acids is 1. The molecule has 0 aliphatic rings. The quantitative estimate of drug-likeness (QED) is 0.766. The zero-order valence-electron chi connectivity index (χ0n) is 9.07. The number of thioether (sulfide) groups is 1. The summed E-state index contributed by atoms with van der Waals surface area (Å²) in [5.74, 6) is -0.0649. The smallest absolute Gasteiger partial charge is 0.313 e. The van der Waals surface area contributed by atoms with E-state index in [9.17, 15) is 4.79 Å². The Bertz CT molecular complexity index is 343. The molecule has 1 heterocycles. The molecule has 0 bridgehead atoms. The Balaban J connectivity index is 2.53. The maximum absolute atomic E-state index is 10.3. The molecule has 0 unspecified atom stereocenters. The molecule has 15 heavy (non-hydrogen) atoms. The molecule has 0 atom stereocenters. The average Bonchev–Trinajstić information content (AvgIpc) is 2.45. The summed E-state index contributed by atoms with van der Waals surface area (Å²) in [6.07, 6.45) is 0.799. The molecule has 2 N–H and O–H groups in total. The van der Waals surface area contributed by atoms with Crippen LogP contribution in [-0.2, 0) is 11.2 Å². The van der Waals surface area contributed by atoms with Gasteiger partial charge in [-0.15, -0.1) is 5.10 Å². The molecule has 0 fully saturated rings. The first kappa shape index (κ1) is 12.0. The Hall–Kier alpha value is -1.04. The number of carboxylic acids is 1. The number of hydrogen-bond donors (Lipinski definition) is 2. The summed E-state index contributed by atoms with van der Waals surface area (Å²) < 4.78 is 0. The molecule has 0 saturated heterocycles. The summed E-state index contributed by atoms with van der Waals surface area (Å²) in [6.45, 7) is 6.33. The number of rotatable bonds is 4. The van der Waals surface area contributed by atoms with Crippen LogP contribution in [0.3, 0.4) is 0 Å². The highest BCUT2D eigenvalue weighted by Gasteiger charge is 2.14. The summed E-state index contributed by atoms with van der Waals surface area (Å²) in [7, 11) is 0. The fourth-order valence-corrected chi connectivity index (χ4v) is 1.59. The van der Waals surface area contributed by atoms with Crippen molar-refractivity contribution >= 4 is 17.7 Å². The van der Waals surface area contributed by atoms with E-state index >= 15 is 0 Å². The van der Waals surface area contributed by atoms with E-state index in [1.54, 1.807) is 0 Å².